The van der Waals surface area contributed by atoms with Crippen molar-refractivity contribution in [3.05, 3.63) is 0 Å². The molecule has 0 saturated carbocycles. The zero-order valence-electron chi connectivity index (χ0n) is 10.5. The molecule has 15 heavy (non-hydrogen) atoms. The molecule has 0 saturated heterocycles. The minimum absolute atomic E-state index is 0.0604. The second kappa shape index (κ2) is 8.53. The Labute approximate surface area is 93.4 Å². The third-order valence-electron chi connectivity index (χ3n) is 2.44. The van der Waals surface area contributed by atoms with Crippen molar-refractivity contribution in [2.75, 3.05) is 26.7 Å². The number of amides is 2. The number of unbranched alkanes of at least 4 members (excludes halogenated alkanes) is 1. The quantitative estimate of drug-likeness (QED) is 0.631. The summed E-state index contributed by atoms with van der Waals surface area (Å²) in [5.74, 6) is 0. The van der Waals surface area contributed by atoms with Crippen molar-refractivity contribution < 1.29 is 4.79 Å². The minimum Gasteiger partial charge on any atom is -0.338 e. The van der Waals surface area contributed by atoms with Crippen LogP contribution in [-0.4, -0.2) is 43.7 Å². The van der Waals surface area contributed by atoms with Crippen molar-refractivity contribution in [1.29, 1.82) is 0 Å². The van der Waals surface area contributed by atoms with Gasteiger partial charge in [-0.25, -0.2) is 4.79 Å². The summed E-state index contributed by atoms with van der Waals surface area (Å²) in [5.41, 5.74) is 0. The number of carbonyl (C=O) groups is 1. The first kappa shape index (κ1) is 14.2. The summed E-state index contributed by atoms with van der Waals surface area (Å²) < 4.78 is 0. The molecule has 0 unspecified atom stereocenters. The number of nitrogens with one attached hydrogen (secondary N) is 2. The van der Waals surface area contributed by atoms with E-state index in [1.807, 2.05) is 6.92 Å². The normalized spacial score (nSPS) is 10.8. The summed E-state index contributed by atoms with van der Waals surface area (Å²) in [7, 11) is 2.13. The first-order chi connectivity index (χ1) is 7.07. The first-order valence-corrected chi connectivity index (χ1v) is 5.79. The Morgan fingerprint density at radius 1 is 1.27 bits per heavy atom. The highest BCUT2D eigenvalue weighted by Crippen LogP contribution is 1.96. The Bertz CT molecular complexity index is 171. The first-order valence-electron chi connectivity index (χ1n) is 5.79. The SMILES string of the molecule is CCNC(=O)NCCCCN(C)C(C)C. The molecule has 0 aliphatic rings. The van der Waals surface area contributed by atoms with Crippen molar-refractivity contribution in [3.63, 3.8) is 0 Å². The lowest BCUT2D eigenvalue weighted by Crippen LogP contribution is -2.36. The molecule has 0 spiro atoms. The summed E-state index contributed by atoms with van der Waals surface area (Å²) >= 11 is 0. The zero-order chi connectivity index (χ0) is 11.7. The van der Waals surface area contributed by atoms with Gasteiger partial charge in [0.25, 0.3) is 0 Å². The molecule has 0 aromatic carbocycles. The summed E-state index contributed by atoms with van der Waals surface area (Å²) in [6.45, 7) is 8.82. The number of hydrogen-bond acceptors (Lipinski definition) is 2. The number of carbonyl (C=O) groups excluding carboxylic acids is 1. The second-order valence-corrected chi connectivity index (χ2v) is 4.07. The Morgan fingerprint density at radius 2 is 1.93 bits per heavy atom. The molecule has 2 N–H and O–H groups in total. The molecule has 0 aromatic rings. The average molecular weight is 215 g/mol. The standard InChI is InChI=1S/C11H25N3O/c1-5-12-11(15)13-8-6-7-9-14(4)10(2)3/h10H,5-9H2,1-4H3,(H2,12,13,15). The molecule has 0 aromatic heterocycles. The van der Waals surface area contributed by atoms with Gasteiger partial charge in [0, 0.05) is 19.1 Å². The van der Waals surface area contributed by atoms with Crippen LogP contribution in [0.3, 0.4) is 0 Å². The Kier molecular flexibility index (Phi) is 8.09. The van der Waals surface area contributed by atoms with Crippen LogP contribution < -0.4 is 10.6 Å². The van der Waals surface area contributed by atoms with Gasteiger partial charge < -0.3 is 15.5 Å². The van der Waals surface area contributed by atoms with Crippen LogP contribution in [0.1, 0.15) is 33.6 Å². The van der Waals surface area contributed by atoms with Crippen LogP contribution in [0.4, 0.5) is 4.79 Å². The number of nitrogens with zero attached hydrogens (tertiary/aromatic N) is 1. The Hall–Kier alpha value is -0.770. The molecule has 4 heteroatoms. The van der Waals surface area contributed by atoms with Gasteiger partial charge in [0.2, 0.25) is 0 Å². The third-order valence-corrected chi connectivity index (χ3v) is 2.44. The van der Waals surface area contributed by atoms with Crippen molar-refractivity contribution in [1.82, 2.24) is 15.5 Å². The van der Waals surface area contributed by atoms with E-state index >= 15 is 0 Å². The maximum Gasteiger partial charge on any atom is 0.314 e. The molecule has 0 heterocycles. The molecule has 0 rings (SSSR count). The smallest absolute Gasteiger partial charge is 0.314 e. The summed E-state index contributed by atoms with van der Waals surface area (Å²) in [4.78, 5) is 13.3. The van der Waals surface area contributed by atoms with Gasteiger partial charge in [-0.3, -0.25) is 0 Å². The monoisotopic (exact) mass is 215 g/mol. The lowest BCUT2D eigenvalue weighted by molar-refractivity contribution is 0.240. The maximum absolute atomic E-state index is 11.0. The van der Waals surface area contributed by atoms with Gasteiger partial charge in [0.1, 0.15) is 0 Å². The minimum atomic E-state index is -0.0604. The molecular formula is C11H25N3O. The molecule has 4 nitrogen and oxygen atoms in total. The fourth-order valence-electron chi connectivity index (χ4n) is 1.17. The number of hydrogen-bond donors (Lipinski definition) is 2. The zero-order valence-corrected chi connectivity index (χ0v) is 10.5. The molecule has 2 amide bonds. The van der Waals surface area contributed by atoms with Gasteiger partial charge in [0.15, 0.2) is 0 Å². The van der Waals surface area contributed by atoms with E-state index in [4.69, 9.17) is 0 Å². The fourth-order valence-corrected chi connectivity index (χ4v) is 1.17. The lowest BCUT2D eigenvalue weighted by Gasteiger charge is -2.20. The van der Waals surface area contributed by atoms with Crippen LogP contribution in [0.25, 0.3) is 0 Å². The van der Waals surface area contributed by atoms with E-state index in [0.717, 1.165) is 25.9 Å². The van der Waals surface area contributed by atoms with Crippen LogP contribution >= 0.6 is 0 Å². The highest BCUT2D eigenvalue weighted by Gasteiger charge is 2.02. The predicted molar refractivity (Wildman–Crippen MR) is 64.1 cm³/mol. The fraction of sp³-hybridized carbons (Fsp3) is 0.909. The molecule has 0 aliphatic carbocycles. The van der Waals surface area contributed by atoms with E-state index in [0.29, 0.717) is 12.6 Å². The van der Waals surface area contributed by atoms with Crippen molar-refractivity contribution in [3.8, 4) is 0 Å². The van der Waals surface area contributed by atoms with Crippen LogP contribution in [0.15, 0.2) is 0 Å². The van der Waals surface area contributed by atoms with E-state index in [9.17, 15) is 4.79 Å². The van der Waals surface area contributed by atoms with E-state index in [-0.39, 0.29) is 6.03 Å². The lowest BCUT2D eigenvalue weighted by atomic mass is 10.2. The highest BCUT2D eigenvalue weighted by atomic mass is 16.2. The van der Waals surface area contributed by atoms with Crippen LogP contribution in [0.5, 0.6) is 0 Å². The van der Waals surface area contributed by atoms with Crippen LogP contribution in [0, 0.1) is 0 Å². The van der Waals surface area contributed by atoms with Gasteiger partial charge in [-0.1, -0.05) is 0 Å². The third kappa shape index (κ3) is 8.24. The van der Waals surface area contributed by atoms with Gasteiger partial charge in [-0.2, -0.15) is 0 Å². The van der Waals surface area contributed by atoms with Crippen molar-refractivity contribution in [2.24, 2.45) is 0 Å². The van der Waals surface area contributed by atoms with Crippen molar-refractivity contribution >= 4 is 6.03 Å². The van der Waals surface area contributed by atoms with Gasteiger partial charge in [0.05, 0.1) is 0 Å². The van der Waals surface area contributed by atoms with Crippen molar-refractivity contribution in [2.45, 2.75) is 39.7 Å². The number of rotatable bonds is 7. The van der Waals surface area contributed by atoms with Gasteiger partial charge in [-0.05, 0) is 47.2 Å². The Morgan fingerprint density at radius 3 is 2.47 bits per heavy atom. The molecule has 0 atom stereocenters. The Balaban J connectivity index is 3.28. The van der Waals surface area contributed by atoms with E-state index < -0.39 is 0 Å². The topological polar surface area (TPSA) is 44.4 Å². The highest BCUT2D eigenvalue weighted by molar-refractivity contribution is 5.73. The van der Waals surface area contributed by atoms with Crippen LogP contribution in [-0.2, 0) is 0 Å². The molecule has 0 aliphatic heterocycles. The van der Waals surface area contributed by atoms with E-state index in [2.05, 4.69) is 36.4 Å². The predicted octanol–water partition coefficient (Wildman–Crippen LogP) is 1.43. The summed E-state index contributed by atoms with van der Waals surface area (Å²) in [5, 5.41) is 5.52. The molecule has 90 valence electrons. The number of urea groups is 1. The molecular weight excluding hydrogens is 190 g/mol. The maximum atomic E-state index is 11.0. The molecule has 0 fully saturated rings. The summed E-state index contributed by atoms with van der Waals surface area (Å²) in [6.07, 6.45) is 2.16. The largest absolute Gasteiger partial charge is 0.338 e. The average Bonchev–Trinajstić information content (AvgIpc) is 2.17. The molecule has 0 radical (unpaired) electrons. The summed E-state index contributed by atoms with van der Waals surface area (Å²) in [6, 6.07) is 0.538. The van der Waals surface area contributed by atoms with Gasteiger partial charge in [-0.15, -0.1) is 0 Å². The van der Waals surface area contributed by atoms with E-state index in [1.165, 1.54) is 0 Å². The van der Waals surface area contributed by atoms with E-state index in [1.54, 1.807) is 0 Å². The second-order valence-electron chi connectivity index (χ2n) is 4.07. The van der Waals surface area contributed by atoms with Gasteiger partial charge >= 0.3 is 6.03 Å². The molecule has 0 bridgehead atoms. The van der Waals surface area contributed by atoms with Crippen LogP contribution in [0.2, 0.25) is 0 Å².